The largest absolute Gasteiger partial charge is 0.387 e. The smallest absolute Gasteiger partial charge is 0.143 e. The Bertz CT molecular complexity index is 352. The quantitative estimate of drug-likeness (QED) is 0.899. The van der Waals surface area contributed by atoms with Gasteiger partial charge in [-0.3, -0.25) is 0 Å². The topological polar surface area (TPSA) is 20.2 Å². The zero-order chi connectivity index (χ0) is 10.8. The van der Waals surface area contributed by atoms with Crippen LogP contribution in [-0.2, 0) is 0 Å². The Kier molecular flexibility index (Phi) is 3.69. The van der Waals surface area contributed by atoms with Crippen LogP contribution < -0.4 is 0 Å². The molecule has 0 aliphatic carbocycles. The molecule has 0 radical (unpaired) electrons. The van der Waals surface area contributed by atoms with Gasteiger partial charge in [0.1, 0.15) is 5.82 Å². The molecule has 0 amide bonds. The first-order chi connectivity index (χ1) is 7.20. The Morgan fingerprint density at radius 2 is 2.33 bits per heavy atom. The second-order valence-corrected chi connectivity index (χ2v) is 5.84. The lowest BCUT2D eigenvalue weighted by Gasteiger charge is -2.18. The molecule has 1 heterocycles. The van der Waals surface area contributed by atoms with Gasteiger partial charge in [-0.05, 0) is 40.6 Å². The molecule has 2 unspecified atom stereocenters. The average molecular weight is 291 g/mol. The summed E-state index contributed by atoms with van der Waals surface area (Å²) in [4.78, 5) is 0. The summed E-state index contributed by atoms with van der Waals surface area (Å²) in [6, 6.07) is 5.06. The van der Waals surface area contributed by atoms with Crippen molar-refractivity contribution in [1.29, 1.82) is 0 Å². The molecule has 82 valence electrons. The van der Waals surface area contributed by atoms with Gasteiger partial charge in [0.25, 0.3) is 0 Å². The molecule has 0 saturated carbocycles. The molecule has 0 bridgehead atoms. The van der Waals surface area contributed by atoms with E-state index in [0.717, 1.165) is 18.6 Å². The number of aliphatic hydroxyl groups excluding tert-OH is 1. The molecular formula is C11H12BrFOS. The van der Waals surface area contributed by atoms with Crippen molar-refractivity contribution in [1.82, 2.24) is 0 Å². The summed E-state index contributed by atoms with van der Waals surface area (Å²) in [6.45, 7) is 0. The summed E-state index contributed by atoms with van der Waals surface area (Å²) >= 11 is 4.86. The predicted molar refractivity (Wildman–Crippen MR) is 64.5 cm³/mol. The lowest BCUT2D eigenvalue weighted by Crippen LogP contribution is -2.13. The van der Waals surface area contributed by atoms with E-state index in [-0.39, 0.29) is 11.1 Å². The zero-order valence-corrected chi connectivity index (χ0v) is 10.5. The second-order valence-electron chi connectivity index (χ2n) is 3.64. The molecule has 1 aliphatic rings. The Hall–Kier alpha value is -0.0600. The highest BCUT2D eigenvalue weighted by Crippen LogP contribution is 2.37. The van der Waals surface area contributed by atoms with Crippen LogP contribution in [0.4, 0.5) is 4.39 Å². The predicted octanol–water partition coefficient (Wildman–Crippen LogP) is 3.52. The first-order valence-corrected chi connectivity index (χ1v) is 6.78. The van der Waals surface area contributed by atoms with Crippen molar-refractivity contribution in [3.05, 3.63) is 34.1 Å². The minimum atomic E-state index is -0.685. The fraction of sp³-hybridized carbons (Fsp3) is 0.455. The Labute approximate surface area is 101 Å². The first-order valence-electron chi connectivity index (χ1n) is 4.93. The third-order valence-electron chi connectivity index (χ3n) is 2.62. The Morgan fingerprint density at radius 1 is 1.53 bits per heavy atom. The average Bonchev–Trinajstić information content (AvgIpc) is 2.74. The maximum Gasteiger partial charge on any atom is 0.143 e. The van der Waals surface area contributed by atoms with E-state index in [2.05, 4.69) is 15.9 Å². The van der Waals surface area contributed by atoms with Crippen LogP contribution in [0.3, 0.4) is 0 Å². The zero-order valence-electron chi connectivity index (χ0n) is 8.12. The number of aliphatic hydroxyl groups is 1. The van der Waals surface area contributed by atoms with Gasteiger partial charge in [0, 0.05) is 10.8 Å². The van der Waals surface area contributed by atoms with Gasteiger partial charge >= 0.3 is 0 Å². The summed E-state index contributed by atoms with van der Waals surface area (Å²) in [7, 11) is 0. The molecule has 15 heavy (non-hydrogen) atoms. The maximum atomic E-state index is 13.7. The maximum absolute atomic E-state index is 13.7. The summed E-state index contributed by atoms with van der Waals surface area (Å²) in [6.07, 6.45) is 1.40. The minimum absolute atomic E-state index is 0.147. The standard InChI is InChI=1S/C11H12BrFOS/c12-8-4-1-3-7(10(8)13)11(14)9-5-2-6-15-9/h1,3-4,9,11,14H,2,5-6H2. The summed E-state index contributed by atoms with van der Waals surface area (Å²) < 4.78 is 14.1. The van der Waals surface area contributed by atoms with Gasteiger partial charge in [-0.25, -0.2) is 4.39 Å². The fourth-order valence-corrected chi connectivity index (χ4v) is 3.48. The van der Waals surface area contributed by atoms with E-state index in [1.807, 2.05) is 0 Å². The van der Waals surface area contributed by atoms with Crippen LogP contribution in [0, 0.1) is 5.82 Å². The molecule has 0 aromatic heterocycles. The molecule has 1 saturated heterocycles. The lowest BCUT2D eigenvalue weighted by molar-refractivity contribution is 0.168. The fourth-order valence-electron chi connectivity index (χ4n) is 1.80. The highest BCUT2D eigenvalue weighted by molar-refractivity contribution is 9.10. The molecule has 1 fully saturated rings. The van der Waals surface area contributed by atoms with Gasteiger partial charge < -0.3 is 5.11 Å². The summed E-state index contributed by atoms with van der Waals surface area (Å²) in [5.74, 6) is 0.731. The highest BCUT2D eigenvalue weighted by Gasteiger charge is 2.27. The van der Waals surface area contributed by atoms with E-state index in [9.17, 15) is 9.50 Å². The van der Waals surface area contributed by atoms with Crippen LogP contribution in [0.15, 0.2) is 22.7 Å². The lowest BCUT2D eigenvalue weighted by atomic mass is 10.0. The number of hydrogen-bond acceptors (Lipinski definition) is 2. The van der Waals surface area contributed by atoms with Gasteiger partial charge in [-0.2, -0.15) is 11.8 Å². The Morgan fingerprint density at radius 3 is 3.00 bits per heavy atom. The van der Waals surface area contributed by atoms with Gasteiger partial charge in [0.05, 0.1) is 10.6 Å². The SMILES string of the molecule is OC(c1cccc(Br)c1F)C1CCCS1. The van der Waals surface area contributed by atoms with Crippen LogP contribution in [0.25, 0.3) is 0 Å². The first kappa shape index (κ1) is 11.4. The highest BCUT2D eigenvalue weighted by atomic mass is 79.9. The molecule has 1 aliphatic heterocycles. The van der Waals surface area contributed by atoms with Crippen LogP contribution in [-0.4, -0.2) is 16.1 Å². The molecule has 4 heteroatoms. The minimum Gasteiger partial charge on any atom is -0.387 e. The van der Waals surface area contributed by atoms with Gasteiger partial charge in [0.2, 0.25) is 0 Å². The van der Waals surface area contributed by atoms with E-state index < -0.39 is 6.10 Å². The molecular weight excluding hydrogens is 279 g/mol. The van der Waals surface area contributed by atoms with Gasteiger partial charge in [-0.1, -0.05) is 12.1 Å². The van der Waals surface area contributed by atoms with Crippen molar-refractivity contribution in [3.8, 4) is 0 Å². The molecule has 2 atom stereocenters. The van der Waals surface area contributed by atoms with E-state index in [1.54, 1.807) is 30.0 Å². The van der Waals surface area contributed by atoms with E-state index in [1.165, 1.54) is 0 Å². The van der Waals surface area contributed by atoms with Crippen molar-refractivity contribution in [2.24, 2.45) is 0 Å². The Balaban J connectivity index is 2.24. The molecule has 1 N–H and O–H groups in total. The number of benzene rings is 1. The van der Waals surface area contributed by atoms with E-state index in [0.29, 0.717) is 10.0 Å². The van der Waals surface area contributed by atoms with E-state index >= 15 is 0 Å². The van der Waals surface area contributed by atoms with Crippen molar-refractivity contribution < 1.29 is 9.50 Å². The van der Waals surface area contributed by atoms with Crippen molar-refractivity contribution in [2.45, 2.75) is 24.2 Å². The second kappa shape index (κ2) is 4.85. The molecule has 1 nitrogen and oxygen atoms in total. The van der Waals surface area contributed by atoms with E-state index in [4.69, 9.17) is 0 Å². The number of halogens is 2. The molecule has 1 aromatic carbocycles. The summed E-state index contributed by atoms with van der Waals surface area (Å²) in [5, 5.41) is 10.2. The van der Waals surface area contributed by atoms with Gasteiger partial charge in [0.15, 0.2) is 0 Å². The van der Waals surface area contributed by atoms with Crippen LogP contribution in [0.1, 0.15) is 24.5 Å². The van der Waals surface area contributed by atoms with Crippen molar-refractivity contribution >= 4 is 27.7 Å². The third-order valence-corrected chi connectivity index (χ3v) is 4.68. The molecule has 1 aromatic rings. The van der Waals surface area contributed by atoms with Gasteiger partial charge in [-0.15, -0.1) is 0 Å². The normalized spacial score (nSPS) is 23.0. The number of hydrogen-bond donors (Lipinski definition) is 1. The van der Waals surface area contributed by atoms with Crippen LogP contribution >= 0.6 is 27.7 Å². The van der Waals surface area contributed by atoms with Crippen molar-refractivity contribution in [3.63, 3.8) is 0 Å². The molecule has 0 spiro atoms. The third kappa shape index (κ3) is 2.37. The number of thioether (sulfide) groups is 1. The number of rotatable bonds is 2. The van der Waals surface area contributed by atoms with Crippen LogP contribution in [0.2, 0.25) is 0 Å². The molecule has 2 rings (SSSR count). The monoisotopic (exact) mass is 290 g/mol. The van der Waals surface area contributed by atoms with Crippen molar-refractivity contribution in [2.75, 3.05) is 5.75 Å². The summed E-state index contributed by atoms with van der Waals surface area (Å²) in [5.41, 5.74) is 0.406. The van der Waals surface area contributed by atoms with Crippen LogP contribution in [0.5, 0.6) is 0 Å².